The molecular weight excluding hydrogens is 392 g/mol. The number of methoxy groups -OCH3 is 1. The highest BCUT2D eigenvalue weighted by molar-refractivity contribution is 5.95. The summed E-state index contributed by atoms with van der Waals surface area (Å²) in [5, 5.41) is 5.66. The molecule has 0 atom stereocenters. The van der Waals surface area contributed by atoms with Crippen molar-refractivity contribution in [2.45, 2.75) is 12.5 Å². The SMILES string of the molecule is CNC(=O)COc1ccc(C(=O)NC(C)(c2ccccc2)c2ccccc2)cc1OC. The number of carbonyl (C=O) groups is 2. The van der Waals surface area contributed by atoms with Crippen molar-refractivity contribution in [3.63, 3.8) is 0 Å². The molecule has 0 aliphatic carbocycles. The fraction of sp³-hybridized carbons (Fsp3) is 0.200. The van der Waals surface area contributed by atoms with Crippen molar-refractivity contribution in [3.8, 4) is 11.5 Å². The Kier molecular flexibility index (Phi) is 6.92. The smallest absolute Gasteiger partial charge is 0.257 e. The second-order valence-electron chi connectivity index (χ2n) is 7.14. The van der Waals surface area contributed by atoms with Gasteiger partial charge in [-0.3, -0.25) is 9.59 Å². The fourth-order valence-electron chi connectivity index (χ4n) is 3.30. The van der Waals surface area contributed by atoms with Gasteiger partial charge in [0.2, 0.25) is 0 Å². The Morgan fingerprint density at radius 3 is 1.97 bits per heavy atom. The molecule has 0 saturated heterocycles. The van der Waals surface area contributed by atoms with Gasteiger partial charge >= 0.3 is 0 Å². The van der Waals surface area contributed by atoms with Crippen LogP contribution < -0.4 is 20.1 Å². The fourth-order valence-corrected chi connectivity index (χ4v) is 3.30. The number of hydrogen-bond acceptors (Lipinski definition) is 4. The lowest BCUT2D eigenvalue weighted by molar-refractivity contribution is -0.122. The first-order chi connectivity index (χ1) is 15.0. The van der Waals surface area contributed by atoms with E-state index in [1.54, 1.807) is 18.2 Å². The van der Waals surface area contributed by atoms with Crippen LogP contribution in [0.3, 0.4) is 0 Å². The van der Waals surface area contributed by atoms with E-state index < -0.39 is 5.54 Å². The van der Waals surface area contributed by atoms with Crippen molar-refractivity contribution < 1.29 is 19.1 Å². The summed E-state index contributed by atoms with van der Waals surface area (Å²) in [5.41, 5.74) is 1.61. The maximum atomic E-state index is 13.2. The lowest BCUT2D eigenvalue weighted by Gasteiger charge is -2.32. The van der Waals surface area contributed by atoms with Crippen LogP contribution in [-0.4, -0.2) is 32.6 Å². The molecule has 0 aromatic heterocycles. The molecule has 31 heavy (non-hydrogen) atoms. The molecule has 160 valence electrons. The first-order valence-electron chi connectivity index (χ1n) is 9.93. The number of carbonyl (C=O) groups excluding carboxylic acids is 2. The Labute approximate surface area is 182 Å². The average molecular weight is 418 g/mol. The lowest BCUT2D eigenvalue weighted by Crippen LogP contribution is -2.44. The Hall–Kier alpha value is -3.80. The first-order valence-corrected chi connectivity index (χ1v) is 9.93. The van der Waals surface area contributed by atoms with E-state index in [-0.39, 0.29) is 18.4 Å². The van der Waals surface area contributed by atoms with Gasteiger partial charge in [0.15, 0.2) is 18.1 Å². The normalized spacial score (nSPS) is 10.8. The number of rotatable bonds is 8. The molecule has 3 rings (SSSR count). The topological polar surface area (TPSA) is 76.7 Å². The van der Waals surface area contributed by atoms with Gasteiger partial charge in [-0.05, 0) is 36.2 Å². The second-order valence-corrected chi connectivity index (χ2v) is 7.14. The zero-order valence-electron chi connectivity index (χ0n) is 17.8. The van der Waals surface area contributed by atoms with E-state index in [9.17, 15) is 9.59 Å². The van der Waals surface area contributed by atoms with Gasteiger partial charge in [-0.25, -0.2) is 0 Å². The summed E-state index contributed by atoms with van der Waals surface area (Å²) < 4.78 is 10.9. The van der Waals surface area contributed by atoms with Gasteiger partial charge in [0.1, 0.15) is 0 Å². The van der Waals surface area contributed by atoms with Crippen LogP contribution in [-0.2, 0) is 10.3 Å². The van der Waals surface area contributed by atoms with E-state index in [4.69, 9.17) is 9.47 Å². The molecule has 3 aromatic rings. The van der Waals surface area contributed by atoms with Crippen LogP contribution >= 0.6 is 0 Å². The molecule has 2 N–H and O–H groups in total. The molecular formula is C25H26N2O4. The maximum Gasteiger partial charge on any atom is 0.257 e. The Balaban J connectivity index is 1.89. The van der Waals surface area contributed by atoms with E-state index in [0.29, 0.717) is 17.1 Å². The van der Waals surface area contributed by atoms with E-state index in [2.05, 4.69) is 10.6 Å². The van der Waals surface area contributed by atoms with E-state index in [1.807, 2.05) is 67.6 Å². The quantitative estimate of drug-likeness (QED) is 0.587. The molecule has 3 aromatic carbocycles. The predicted molar refractivity (Wildman–Crippen MR) is 119 cm³/mol. The predicted octanol–water partition coefficient (Wildman–Crippen LogP) is 3.51. The van der Waals surface area contributed by atoms with Crippen molar-refractivity contribution in [2.24, 2.45) is 0 Å². The molecule has 6 nitrogen and oxygen atoms in total. The van der Waals surface area contributed by atoms with Crippen molar-refractivity contribution in [3.05, 3.63) is 95.6 Å². The van der Waals surface area contributed by atoms with Gasteiger partial charge in [-0.1, -0.05) is 60.7 Å². The summed E-state index contributed by atoms with van der Waals surface area (Å²) in [7, 11) is 3.02. The van der Waals surface area contributed by atoms with Gasteiger partial charge in [-0.2, -0.15) is 0 Å². The molecule has 0 spiro atoms. The second kappa shape index (κ2) is 9.80. The van der Waals surface area contributed by atoms with E-state index in [0.717, 1.165) is 11.1 Å². The largest absolute Gasteiger partial charge is 0.493 e. The van der Waals surface area contributed by atoms with Crippen molar-refractivity contribution in [2.75, 3.05) is 20.8 Å². The molecule has 0 aliphatic heterocycles. The minimum Gasteiger partial charge on any atom is -0.493 e. The van der Waals surface area contributed by atoms with Crippen LogP contribution in [0.1, 0.15) is 28.4 Å². The Bertz CT molecular complexity index is 996. The highest BCUT2D eigenvalue weighted by atomic mass is 16.5. The summed E-state index contributed by atoms with van der Waals surface area (Å²) in [6, 6.07) is 24.5. The Morgan fingerprint density at radius 2 is 1.45 bits per heavy atom. The molecule has 0 radical (unpaired) electrons. The lowest BCUT2D eigenvalue weighted by atomic mass is 9.84. The third-order valence-corrected chi connectivity index (χ3v) is 5.13. The summed E-state index contributed by atoms with van der Waals surface area (Å²) in [4.78, 5) is 24.7. The molecule has 0 saturated carbocycles. The molecule has 0 heterocycles. The van der Waals surface area contributed by atoms with Gasteiger partial charge in [0, 0.05) is 12.6 Å². The van der Waals surface area contributed by atoms with Gasteiger partial charge in [0.05, 0.1) is 12.6 Å². The average Bonchev–Trinajstić information content (AvgIpc) is 2.83. The van der Waals surface area contributed by atoms with Crippen LogP contribution in [0.25, 0.3) is 0 Å². The van der Waals surface area contributed by atoms with Gasteiger partial charge in [-0.15, -0.1) is 0 Å². The third-order valence-electron chi connectivity index (χ3n) is 5.13. The molecule has 0 bridgehead atoms. The Morgan fingerprint density at radius 1 is 0.871 bits per heavy atom. The summed E-state index contributed by atoms with van der Waals surface area (Å²) in [6.07, 6.45) is 0. The molecule has 2 amide bonds. The molecule has 0 aliphatic rings. The van der Waals surface area contributed by atoms with Gasteiger partial charge < -0.3 is 20.1 Å². The van der Waals surface area contributed by atoms with Crippen LogP contribution in [0.5, 0.6) is 11.5 Å². The summed E-state index contributed by atoms with van der Waals surface area (Å²) >= 11 is 0. The summed E-state index contributed by atoms with van der Waals surface area (Å²) in [5.74, 6) is 0.242. The van der Waals surface area contributed by atoms with Crippen LogP contribution in [0, 0.1) is 0 Å². The number of amides is 2. The maximum absolute atomic E-state index is 13.2. The number of ether oxygens (including phenoxy) is 2. The zero-order valence-corrected chi connectivity index (χ0v) is 17.8. The number of nitrogens with one attached hydrogen (secondary N) is 2. The van der Waals surface area contributed by atoms with Gasteiger partial charge in [0.25, 0.3) is 11.8 Å². The van der Waals surface area contributed by atoms with Crippen molar-refractivity contribution in [1.82, 2.24) is 10.6 Å². The van der Waals surface area contributed by atoms with Crippen LogP contribution in [0.4, 0.5) is 0 Å². The first kappa shape index (κ1) is 21.9. The minimum atomic E-state index is -0.735. The number of likely N-dealkylation sites (N-methyl/N-ethyl adjacent to an activating group) is 1. The molecule has 0 fully saturated rings. The molecule has 0 unspecified atom stereocenters. The van der Waals surface area contributed by atoms with E-state index in [1.165, 1.54) is 14.2 Å². The highest BCUT2D eigenvalue weighted by Gasteiger charge is 2.31. The number of hydrogen-bond donors (Lipinski definition) is 2. The van der Waals surface area contributed by atoms with Crippen LogP contribution in [0.15, 0.2) is 78.9 Å². The third kappa shape index (κ3) is 5.04. The van der Waals surface area contributed by atoms with Crippen molar-refractivity contribution >= 4 is 11.8 Å². The highest BCUT2D eigenvalue weighted by Crippen LogP contribution is 2.31. The van der Waals surface area contributed by atoms with Crippen molar-refractivity contribution in [1.29, 1.82) is 0 Å². The summed E-state index contributed by atoms with van der Waals surface area (Å²) in [6.45, 7) is 1.84. The minimum absolute atomic E-state index is 0.140. The van der Waals surface area contributed by atoms with E-state index >= 15 is 0 Å². The zero-order chi connectivity index (χ0) is 22.3. The monoisotopic (exact) mass is 418 g/mol. The molecule has 6 heteroatoms. The van der Waals surface area contributed by atoms with Crippen LogP contribution in [0.2, 0.25) is 0 Å². The standard InChI is InChI=1S/C25H26N2O4/c1-25(19-10-6-4-7-11-19,20-12-8-5-9-13-20)27-24(29)18-14-15-21(22(16-18)30-3)31-17-23(28)26-2/h4-16H,17H2,1-3H3,(H,26,28)(H,27,29). The number of benzene rings is 3.